The Morgan fingerprint density at radius 3 is 2.00 bits per heavy atom. The number of H-pyrrole nitrogens is 1. The van der Waals surface area contributed by atoms with Gasteiger partial charge in [-0.3, -0.25) is 10.1 Å². The zero-order valence-corrected chi connectivity index (χ0v) is 17.0. The Balaban J connectivity index is 0.000000215. The molecule has 1 heterocycles. The van der Waals surface area contributed by atoms with Crippen molar-refractivity contribution < 1.29 is 24.7 Å². The van der Waals surface area contributed by atoms with Crippen LogP contribution in [0.5, 0.6) is 0 Å². The molecule has 0 spiro atoms. The van der Waals surface area contributed by atoms with Crippen LogP contribution in [0.25, 0.3) is 10.9 Å². The summed E-state index contributed by atoms with van der Waals surface area (Å²) in [4.78, 5) is 34.7. The number of benzene rings is 2. The van der Waals surface area contributed by atoms with Crippen LogP contribution in [0.15, 0.2) is 42.5 Å². The Labute approximate surface area is 173 Å². The molecule has 0 aliphatic heterocycles. The van der Waals surface area contributed by atoms with Gasteiger partial charge in [0.05, 0.1) is 16.1 Å². The van der Waals surface area contributed by atoms with Gasteiger partial charge in [-0.15, -0.1) is 0 Å². The number of carbonyl (C=O) groups is 2. The van der Waals surface area contributed by atoms with Gasteiger partial charge < -0.3 is 15.2 Å². The normalized spacial score (nSPS) is 10.5. The molecule has 0 aliphatic rings. The van der Waals surface area contributed by atoms with Gasteiger partial charge in [-0.2, -0.15) is 0 Å². The van der Waals surface area contributed by atoms with Crippen LogP contribution in [0.2, 0.25) is 0 Å². The number of nitro groups is 1. The van der Waals surface area contributed by atoms with E-state index in [-0.39, 0.29) is 16.7 Å². The van der Waals surface area contributed by atoms with Crippen LogP contribution in [0.3, 0.4) is 0 Å². The first-order valence-corrected chi connectivity index (χ1v) is 9.52. The Kier molecular flexibility index (Phi) is 7.30. The highest BCUT2D eigenvalue weighted by Crippen LogP contribution is 2.26. The Bertz CT molecular complexity index is 1010. The summed E-state index contributed by atoms with van der Waals surface area (Å²) in [7, 11) is 0. The van der Waals surface area contributed by atoms with Gasteiger partial charge >= 0.3 is 11.9 Å². The number of aromatic nitrogens is 1. The number of aromatic amines is 1. The first-order chi connectivity index (χ1) is 14.2. The molecule has 0 radical (unpaired) electrons. The molecular formula is C22H24N2O6. The summed E-state index contributed by atoms with van der Waals surface area (Å²) in [5, 5.41) is 29.3. The number of nitro benzene ring substituents is 1. The van der Waals surface area contributed by atoms with E-state index in [9.17, 15) is 19.7 Å². The number of carboxylic acid groups (broad SMARTS) is 2. The molecule has 0 atom stereocenters. The second-order valence-corrected chi connectivity index (χ2v) is 6.86. The molecule has 0 bridgehead atoms. The zero-order chi connectivity index (χ0) is 22.4. The lowest BCUT2D eigenvalue weighted by molar-refractivity contribution is -0.384. The molecule has 0 saturated heterocycles. The van der Waals surface area contributed by atoms with Gasteiger partial charge in [-0.1, -0.05) is 32.0 Å². The maximum atomic E-state index is 10.8. The van der Waals surface area contributed by atoms with Crippen molar-refractivity contribution >= 4 is 28.5 Å². The summed E-state index contributed by atoms with van der Waals surface area (Å²) < 4.78 is 0. The van der Waals surface area contributed by atoms with Crippen molar-refractivity contribution in [2.75, 3.05) is 0 Å². The Morgan fingerprint density at radius 1 is 1.03 bits per heavy atom. The number of rotatable bonds is 6. The average molecular weight is 412 g/mol. The number of hydrogen-bond acceptors (Lipinski definition) is 4. The molecule has 0 saturated carbocycles. The smallest absolute Gasteiger partial charge is 0.336 e. The molecule has 3 rings (SSSR count). The van der Waals surface area contributed by atoms with Crippen molar-refractivity contribution in [3.63, 3.8) is 0 Å². The van der Waals surface area contributed by atoms with E-state index in [1.807, 2.05) is 0 Å². The van der Waals surface area contributed by atoms with Gasteiger partial charge in [0.25, 0.3) is 5.69 Å². The van der Waals surface area contributed by atoms with E-state index >= 15 is 0 Å². The Morgan fingerprint density at radius 2 is 1.57 bits per heavy atom. The van der Waals surface area contributed by atoms with Gasteiger partial charge in [0.2, 0.25) is 0 Å². The molecule has 158 valence electrons. The number of para-hydroxylation sites is 1. The van der Waals surface area contributed by atoms with Crippen LogP contribution in [-0.2, 0) is 0 Å². The fourth-order valence-electron chi connectivity index (χ4n) is 3.29. The monoisotopic (exact) mass is 412 g/mol. The maximum Gasteiger partial charge on any atom is 0.336 e. The molecule has 8 nitrogen and oxygen atoms in total. The molecule has 3 N–H and O–H groups in total. The van der Waals surface area contributed by atoms with E-state index in [0.717, 1.165) is 12.1 Å². The molecule has 3 aromatic rings. The molecule has 8 heteroatoms. The SMILES string of the molecule is CCC(CC)c1cc2ccccc2[nH]1.Cc1c(C(=O)O)cc([N+](=O)[O-])cc1C(=O)O. The van der Waals surface area contributed by atoms with Crippen molar-refractivity contribution in [1.82, 2.24) is 4.98 Å². The number of hydrogen-bond donors (Lipinski definition) is 3. The first-order valence-electron chi connectivity index (χ1n) is 9.52. The standard InChI is InChI=1S/C13H17N.C9H7NO6/c1-3-10(4-2)13-9-11-7-5-6-8-12(11)14-13;1-4-6(8(11)12)2-5(10(15)16)3-7(4)9(13)14/h5-10,14H,3-4H2,1-2H3;2-3H,1H3,(H,11,12)(H,13,14). The zero-order valence-electron chi connectivity index (χ0n) is 17.0. The molecular weight excluding hydrogens is 388 g/mol. The topological polar surface area (TPSA) is 134 Å². The second kappa shape index (κ2) is 9.69. The third kappa shape index (κ3) is 5.02. The summed E-state index contributed by atoms with van der Waals surface area (Å²) in [6.07, 6.45) is 2.42. The van der Waals surface area contributed by atoms with Crippen molar-refractivity contribution in [2.24, 2.45) is 0 Å². The van der Waals surface area contributed by atoms with E-state index < -0.39 is 22.5 Å². The fourth-order valence-corrected chi connectivity index (χ4v) is 3.29. The highest BCUT2D eigenvalue weighted by molar-refractivity contribution is 5.97. The fraction of sp³-hybridized carbons (Fsp3) is 0.273. The predicted octanol–water partition coefficient (Wildman–Crippen LogP) is 5.37. The molecule has 0 amide bonds. The number of carboxylic acids is 2. The quantitative estimate of drug-likeness (QED) is 0.368. The van der Waals surface area contributed by atoms with Crippen LogP contribution in [0, 0.1) is 17.0 Å². The lowest BCUT2D eigenvalue weighted by Gasteiger charge is -2.08. The van der Waals surface area contributed by atoms with Crippen molar-refractivity contribution in [1.29, 1.82) is 0 Å². The van der Waals surface area contributed by atoms with Gasteiger partial charge in [-0.25, -0.2) is 9.59 Å². The molecule has 0 aliphatic carbocycles. The minimum Gasteiger partial charge on any atom is -0.478 e. The van der Waals surface area contributed by atoms with Crippen LogP contribution < -0.4 is 0 Å². The van der Waals surface area contributed by atoms with Crippen LogP contribution >= 0.6 is 0 Å². The summed E-state index contributed by atoms with van der Waals surface area (Å²) in [6, 6.07) is 12.4. The van der Waals surface area contributed by atoms with Gasteiger partial charge in [0.15, 0.2) is 0 Å². The average Bonchev–Trinajstić information content (AvgIpc) is 3.12. The lowest BCUT2D eigenvalue weighted by atomic mass is 10.00. The second-order valence-electron chi connectivity index (χ2n) is 6.86. The Hall–Kier alpha value is -3.68. The summed E-state index contributed by atoms with van der Waals surface area (Å²) in [5.74, 6) is -2.12. The summed E-state index contributed by atoms with van der Waals surface area (Å²) >= 11 is 0. The largest absolute Gasteiger partial charge is 0.478 e. The van der Waals surface area contributed by atoms with E-state index in [1.165, 1.54) is 36.4 Å². The number of aromatic carboxylic acids is 2. The van der Waals surface area contributed by atoms with Crippen LogP contribution in [-0.4, -0.2) is 32.1 Å². The minimum absolute atomic E-state index is 0.00870. The van der Waals surface area contributed by atoms with Gasteiger partial charge in [-0.05, 0) is 48.8 Å². The van der Waals surface area contributed by atoms with Crippen molar-refractivity contribution in [3.05, 3.63) is 75.0 Å². The third-order valence-electron chi connectivity index (χ3n) is 5.04. The van der Waals surface area contributed by atoms with E-state index in [0.29, 0.717) is 5.92 Å². The van der Waals surface area contributed by atoms with Crippen molar-refractivity contribution in [3.8, 4) is 0 Å². The van der Waals surface area contributed by atoms with Crippen LogP contribution in [0.4, 0.5) is 5.69 Å². The molecule has 0 fully saturated rings. The number of nitrogens with zero attached hydrogens (tertiary/aromatic N) is 1. The number of nitrogens with one attached hydrogen (secondary N) is 1. The minimum atomic E-state index is -1.40. The predicted molar refractivity (Wildman–Crippen MR) is 113 cm³/mol. The molecule has 30 heavy (non-hydrogen) atoms. The third-order valence-corrected chi connectivity index (χ3v) is 5.04. The van der Waals surface area contributed by atoms with E-state index in [4.69, 9.17) is 10.2 Å². The molecule has 1 aromatic heterocycles. The highest BCUT2D eigenvalue weighted by atomic mass is 16.6. The molecule has 2 aromatic carbocycles. The molecule has 0 unspecified atom stereocenters. The first kappa shape index (κ1) is 22.6. The highest BCUT2D eigenvalue weighted by Gasteiger charge is 2.21. The number of non-ortho nitro benzene ring substituents is 1. The van der Waals surface area contributed by atoms with E-state index in [1.54, 1.807) is 0 Å². The van der Waals surface area contributed by atoms with Gasteiger partial charge in [0, 0.05) is 23.3 Å². The lowest BCUT2D eigenvalue weighted by Crippen LogP contribution is -2.08. The number of fused-ring (bicyclic) bond motifs is 1. The van der Waals surface area contributed by atoms with Crippen molar-refractivity contribution in [2.45, 2.75) is 39.5 Å². The van der Waals surface area contributed by atoms with Crippen LogP contribution in [0.1, 0.15) is 64.6 Å². The summed E-state index contributed by atoms with van der Waals surface area (Å²) in [5.41, 5.74) is 1.31. The maximum absolute atomic E-state index is 10.8. The van der Waals surface area contributed by atoms with E-state index in [2.05, 4.69) is 49.2 Å². The summed E-state index contributed by atoms with van der Waals surface area (Å²) in [6.45, 7) is 5.79. The van der Waals surface area contributed by atoms with Gasteiger partial charge in [0.1, 0.15) is 0 Å².